The van der Waals surface area contributed by atoms with Crippen molar-refractivity contribution in [1.29, 1.82) is 0 Å². The van der Waals surface area contributed by atoms with Crippen molar-refractivity contribution in [2.24, 2.45) is 0 Å². The lowest BCUT2D eigenvalue weighted by molar-refractivity contribution is 0.174. The Morgan fingerprint density at radius 1 is 1.31 bits per heavy atom. The van der Waals surface area contributed by atoms with Crippen LogP contribution in [0.1, 0.15) is 25.3 Å². The highest BCUT2D eigenvalue weighted by Gasteiger charge is 2.15. The Hall–Kier alpha value is -0.930. The molecular formula is C12H16ClNO2. The van der Waals surface area contributed by atoms with Gasteiger partial charge in [-0.05, 0) is 24.6 Å². The molecule has 0 unspecified atom stereocenters. The van der Waals surface area contributed by atoms with Crippen molar-refractivity contribution in [3.05, 3.63) is 22.7 Å². The van der Waals surface area contributed by atoms with Crippen LogP contribution in [0.15, 0.2) is 12.1 Å². The Labute approximate surface area is 101 Å². The van der Waals surface area contributed by atoms with Crippen LogP contribution < -0.4 is 14.8 Å². The summed E-state index contributed by atoms with van der Waals surface area (Å²) in [4.78, 5) is 0. The summed E-state index contributed by atoms with van der Waals surface area (Å²) in [6, 6.07) is 3.77. The van der Waals surface area contributed by atoms with Crippen molar-refractivity contribution in [2.45, 2.75) is 26.3 Å². The highest BCUT2D eigenvalue weighted by Crippen LogP contribution is 2.36. The molecule has 0 atom stereocenters. The molecule has 4 heteroatoms. The number of nitrogens with one attached hydrogen (secondary N) is 1. The van der Waals surface area contributed by atoms with Crippen molar-refractivity contribution < 1.29 is 9.47 Å². The van der Waals surface area contributed by atoms with Crippen LogP contribution in [0.3, 0.4) is 0 Å². The number of ether oxygens (including phenoxy) is 2. The van der Waals surface area contributed by atoms with Crippen LogP contribution in [0.2, 0.25) is 5.02 Å². The maximum Gasteiger partial charge on any atom is 0.231 e. The van der Waals surface area contributed by atoms with Gasteiger partial charge < -0.3 is 14.8 Å². The van der Waals surface area contributed by atoms with E-state index < -0.39 is 0 Å². The highest BCUT2D eigenvalue weighted by molar-refractivity contribution is 6.31. The molecule has 0 fully saturated rings. The normalized spacial score (nSPS) is 13.1. The van der Waals surface area contributed by atoms with E-state index in [1.807, 2.05) is 12.1 Å². The molecule has 0 aromatic heterocycles. The minimum atomic E-state index is 0.290. The first-order valence-corrected chi connectivity index (χ1v) is 5.98. The summed E-state index contributed by atoms with van der Waals surface area (Å²) in [5.41, 5.74) is 1.06. The van der Waals surface area contributed by atoms with Gasteiger partial charge in [0.15, 0.2) is 11.5 Å². The monoisotopic (exact) mass is 241 g/mol. The Morgan fingerprint density at radius 2 is 2.06 bits per heavy atom. The summed E-state index contributed by atoms with van der Waals surface area (Å²) in [7, 11) is 0. The third-order valence-corrected chi connectivity index (χ3v) is 2.92. The molecule has 3 nitrogen and oxygen atoms in total. The van der Waals surface area contributed by atoms with Gasteiger partial charge in [-0.15, -0.1) is 0 Å². The number of fused-ring (bicyclic) bond motifs is 1. The average Bonchev–Trinajstić information content (AvgIpc) is 2.71. The van der Waals surface area contributed by atoms with E-state index in [9.17, 15) is 0 Å². The molecule has 2 rings (SSSR count). The SMILES string of the molecule is CCCCNCc1cc2c(cc1Cl)OCO2. The lowest BCUT2D eigenvalue weighted by atomic mass is 10.2. The number of rotatable bonds is 5. The van der Waals surface area contributed by atoms with Crippen molar-refractivity contribution in [1.82, 2.24) is 5.32 Å². The van der Waals surface area contributed by atoms with E-state index in [1.165, 1.54) is 12.8 Å². The first-order chi connectivity index (χ1) is 7.81. The second-order valence-electron chi connectivity index (χ2n) is 3.83. The second-order valence-corrected chi connectivity index (χ2v) is 4.23. The van der Waals surface area contributed by atoms with E-state index in [2.05, 4.69) is 12.2 Å². The zero-order valence-corrected chi connectivity index (χ0v) is 10.1. The minimum absolute atomic E-state index is 0.290. The largest absolute Gasteiger partial charge is 0.454 e. The van der Waals surface area contributed by atoms with Crippen LogP contribution in [0.4, 0.5) is 0 Å². The maximum absolute atomic E-state index is 6.15. The molecule has 1 N–H and O–H groups in total. The minimum Gasteiger partial charge on any atom is -0.454 e. The molecule has 0 radical (unpaired) electrons. The summed E-state index contributed by atoms with van der Waals surface area (Å²) in [6.45, 7) is 4.25. The number of halogens is 1. The van der Waals surface area contributed by atoms with E-state index in [0.717, 1.165) is 35.2 Å². The smallest absolute Gasteiger partial charge is 0.231 e. The Balaban J connectivity index is 1.98. The fourth-order valence-electron chi connectivity index (χ4n) is 1.62. The third kappa shape index (κ3) is 2.60. The van der Waals surface area contributed by atoms with Gasteiger partial charge in [0.05, 0.1) is 0 Å². The molecule has 16 heavy (non-hydrogen) atoms. The quantitative estimate of drug-likeness (QED) is 0.804. The molecule has 88 valence electrons. The van der Waals surface area contributed by atoms with Gasteiger partial charge >= 0.3 is 0 Å². The lowest BCUT2D eigenvalue weighted by Crippen LogP contribution is -2.14. The van der Waals surface area contributed by atoms with Gasteiger partial charge in [-0.2, -0.15) is 0 Å². The third-order valence-electron chi connectivity index (χ3n) is 2.56. The molecule has 0 bridgehead atoms. The molecule has 0 spiro atoms. The molecule has 1 aliphatic heterocycles. The van der Waals surface area contributed by atoms with Crippen molar-refractivity contribution >= 4 is 11.6 Å². The van der Waals surface area contributed by atoms with E-state index in [0.29, 0.717) is 6.79 Å². The van der Waals surface area contributed by atoms with E-state index in [4.69, 9.17) is 21.1 Å². The molecule has 1 heterocycles. The molecule has 1 aromatic rings. The molecular weight excluding hydrogens is 226 g/mol. The van der Waals surface area contributed by atoms with Crippen LogP contribution in [-0.2, 0) is 6.54 Å². The summed E-state index contributed by atoms with van der Waals surface area (Å²) < 4.78 is 10.6. The second kappa shape index (κ2) is 5.41. The van der Waals surface area contributed by atoms with Gasteiger partial charge in [0, 0.05) is 17.6 Å². The van der Waals surface area contributed by atoms with Gasteiger partial charge in [0.25, 0.3) is 0 Å². The van der Waals surface area contributed by atoms with Crippen molar-refractivity contribution in [3.8, 4) is 11.5 Å². The summed E-state index contributed by atoms with van der Waals surface area (Å²) >= 11 is 6.15. The molecule has 0 aliphatic carbocycles. The number of benzene rings is 1. The van der Waals surface area contributed by atoms with Gasteiger partial charge in [-0.25, -0.2) is 0 Å². The molecule has 0 amide bonds. The van der Waals surface area contributed by atoms with Crippen LogP contribution in [0.25, 0.3) is 0 Å². The molecule has 1 aliphatic rings. The van der Waals surface area contributed by atoms with Crippen molar-refractivity contribution in [2.75, 3.05) is 13.3 Å². The van der Waals surface area contributed by atoms with E-state index in [1.54, 1.807) is 0 Å². The van der Waals surface area contributed by atoms with Crippen LogP contribution in [0, 0.1) is 0 Å². The standard InChI is InChI=1S/C12H16ClNO2/c1-2-3-4-14-7-9-5-11-12(6-10(9)13)16-8-15-11/h5-6,14H,2-4,7-8H2,1H3. The molecule has 1 aromatic carbocycles. The number of unbranched alkanes of at least 4 members (excludes halogenated alkanes) is 1. The Morgan fingerprint density at radius 3 is 2.81 bits per heavy atom. The summed E-state index contributed by atoms with van der Waals surface area (Å²) in [5.74, 6) is 1.53. The maximum atomic E-state index is 6.15. The number of hydrogen-bond donors (Lipinski definition) is 1. The first-order valence-electron chi connectivity index (χ1n) is 5.60. The summed E-state index contributed by atoms with van der Waals surface area (Å²) in [5, 5.41) is 4.08. The number of hydrogen-bond acceptors (Lipinski definition) is 3. The molecule has 0 saturated carbocycles. The fraction of sp³-hybridized carbons (Fsp3) is 0.500. The average molecular weight is 242 g/mol. The Bertz CT molecular complexity index is 368. The van der Waals surface area contributed by atoms with Gasteiger partial charge in [0.1, 0.15) is 0 Å². The van der Waals surface area contributed by atoms with Gasteiger partial charge in [-0.1, -0.05) is 24.9 Å². The van der Waals surface area contributed by atoms with E-state index >= 15 is 0 Å². The van der Waals surface area contributed by atoms with Crippen LogP contribution in [0.5, 0.6) is 11.5 Å². The zero-order chi connectivity index (χ0) is 11.4. The Kier molecular flexibility index (Phi) is 3.91. The molecule has 0 saturated heterocycles. The predicted octanol–water partition coefficient (Wildman–Crippen LogP) is 2.96. The predicted molar refractivity (Wildman–Crippen MR) is 64.2 cm³/mol. The first kappa shape index (κ1) is 11.6. The van der Waals surface area contributed by atoms with Crippen LogP contribution in [-0.4, -0.2) is 13.3 Å². The van der Waals surface area contributed by atoms with Crippen molar-refractivity contribution in [3.63, 3.8) is 0 Å². The van der Waals surface area contributed by atoms with Gasteiger partial charge in [0.2, 0.25) is 6.79 Å². The van der Waals surface area contributed by atoms with E-state index in [-0.39, 0.29) is 0 Å². The highest BCUT2D eigenvalue weighted by atomic mass is 35.5. The fourth-order valence-corrected chi connectivity index (χ4v) is 1.84. The lowest BCUT2D eigenvalue weighted by Gasteiger charge is -2.07. The summed E-state index contributed by atoms with van der Waals surface area (Å²) in [6.07, 6.45) is 2.38. The topological polar surface area (TPSA) is 30.5 Å². The zero-order valence-electron chi connectivity index (χ0n) is 9.38. The van der Waals surface area contributed by atoms with Crippen LogP contribution >= 0.6 is 11.6 Å². The van der Waals surface area contributed by atoms with Gasteiger partial charge in [-0.3, -0.25) is 0 Å².